The Morgan fingerprint density at radius 3 is 2.41 bits per heavy atom. The monoisotopic (exact) mass is 418 g/mol. The van der Waals surface area contributed by atoms with Crippen LogP contribution in [0.1, 0.15) is 29.0 Å². The van der Waals surface area contributed by atoms with Crippen molar-refractivity contribution in [1.29, 1.82) is 0 Å². The summed E-state index contributed by atoms with van der Waals surface area (Å²) in [5, 5.41) is 26.3. The van der Waals surface area contributed by atoms with Crippen molar-refractivity contribution in [1.82, 2.24) is 20.0 Å². The Kier molecular flexibility index (Phi) is 7.23. The summed E-state index contributed by atoms with van der Waals surface area (Å²) in [5.41, 5.74) is 11.6. The lowest BCUT2D eigenvalue weighted by atomic mass is 10.1. The van der Waals surface area contributed by atoms with Crippen LogP contribution in [0.4, 0.5) is 0 Å². The Hall–Kier alpha value is -3.50. The van der Waals surface area contributed by atoms with Crippen LogP contribution in [0.5, 0.6) is 5.75 Å². The molecule has 0 saturated carbocycles. The number of aromatic nitrogens is 4. The van der Waals surface area contributed by atoms with Gasteiger partial charge in [-0.15, -0.1) is 5.10 Å². The highest BCUT2D eigenvalue weighted by molar-refractivity contribution is 6.30. The highest BCUT2D eigenvalue weighted by Gasteiger charge is 2.15. The van der Waals surface area contributed by atoms with Gasteiger partial charge >= 0.3 is 5.97 Å². The van der Waals surface area contributed by atoms with E-state index >= 15 is 0 Å². The molecule has 2 aromatic heterocycles. The molecule has 11 heteroatoms. The minimum absolute atomic E-state index is 0.0463. The van der Waals surface area contributed by atoms with Crippen molar-refractivity contribution in [2.75, 3.05) is 6.54 Å². The molecule has 3 rings (SSSR count). The number of nitrogens with zero attached hydrogens (tertiary/aromatic N) is 4. The molecule has 0 bridgehead atoms. The molecule has 1 atom stereocenters. The van der Waals surface area contributed by atoms with Crippen molar-refractivity contribution in [2.24, 2.45) is 11.5 Å². The van der Waals surface area contributed by atoms with Crippen LogP contribution in [0.15, 0.2) is 42.7 Å². The lowest BCUT2D eigenvalue weighted by Gasteiger charge is -2.11. The largest absolute Gasteiger partial charge is 0.505 e. The Morgan fingerprint density at radius 1 is 1.28 bits per heavy atom. The molecule has 6 N–H and O–H groups in total. The number of hydrogen-bond acceptors (Lipinski definition) is 7. The Balaban J connectivity index is 0.000000537. The fourth-order valence-electron chi connectivity index (χ4n) is 2.28. The molecule has 0 saturated heterocycles. The molecule has 0 spiro atoms. The maximum absolute atomic E-state index is 11.1. The van der Waals surface area contributed by atoms with E-state index in [0.717, 1.165) is 5.56 Å². The summed E-state index contributed by atoms with van der Waals surface area (Å²) in [4.78, 5) is 24.2. The van der Waals surface area contributed by atoms with Crippen LogP contribution in [0, 0.1) is 0 Å². The van der Waals surface area contributed by atoms with Gasteiger partial charge in [0, 0.05) is 16.8 Å². The Bertz CT molecular complexity index is 1010. The summed E-state index contributed by atoms with van der Waals surface area (Å²) < 4.78 is 1.69. The average Bonchev–Trinajstić information content (AvgIpc) is 3.18. The zero-order valence-corrected chi connectivity index (χ0v) is 16.1. The van der Waals surface area contributed by atoms with Gasteiger partial charge in [0.2, 0.25) is 0 Å². The Morgan fingerprint density at radius 2 is 1.90 bits per heavy atom. The maximum atomic E-state index is 11.1. The van der Waals surface area contributed by atoms with Crippen LogP contribution < -0.4 is 11.5 Å². The molecule has 3 aromatic rings. The van der Waals surface area contributed by atoms with E-state index in [1.807, 2.05) is 31.2 Å². The minimum Gasteiger partial charge on any atom is -0.505 e. The summed E-state index contributed by atoms with van der Waals surface area (Å²) in [7, 11) is 0. The van der Waals surface area contributed by atoms with Crippen LogP contribution in [-0.4, -0.2) is 48.6 Å². The predicted molar refractivity (Wildman–Crippen MR) is 105 cm³/mol. The van der Waals surface area contributed by atoms with Gasteiger partial charge in [-0.3, -0.25) is 9.59 Å². The number of halogens is 1. The molecule has 0 radical (unpaired) electrons. The number of carboxylic acid groups (broad SMARTS) is 1. The molecular weight excluding hydrogens is 400 g/mol. The fraction of sp³-hybridized carbons (Fsp3) is 0.167. The molecular formula is C18H19ClN6O4. The summed E-state index contributed by atoms with van der Waals surface area (Å²) in [6, 6.07) is 8.81. The van der Waals surface area contributed by atoms with E-state index in [1.54, 1.807) is 10.9 Å². The van der Waals surface area contributed by atoms with Gasteiger partial charge in [0.25, 0.3) is 5.91 Å². The zero-order valence-electron chi connectivity index (χ0n) is 15.4. The third kappa shape index (κ3) is 5.74. The number of amides is 1. The summed E-state index contributed by atoms with van der Waals surface area (Å²) in [6.07, 6.45) is 3.15. The number of carboxylic acids is 1. The third-order valence-corrected chi connectivity index (χ3v) is 4.08. The number of hydrogen-bond donors (Lipinski definition) is 4. The van der Waals surface area contributed by atoms with Crippen molar-refractivity contribution in [3.63, 3.8) is 0 Å². The van der Waals surface area contributed by atoms with E-state index in [9.17, 15) is 14.7 Å². The molecule has 1 amide bonds. The van der Waals surface area contributed by atoms with Gasteiger partial charge in [0.05, 0.1) is 18.8 Å². The molecule has 0 aliphatic carbocycles. The molecule has 29 heavy (non-hydrogen) atoms. The lowest BCUT2D eigenvalue weighted by Crippen LogP contribution is -2.13. The first-order valence-corrected chi connectivity index (χ1v) is 8.69. The van der Waals surface area contributed by atoms with E-state index in [2.05, 4.69) is 21.0 Å². The molecule has 0 aliphatic rings. The average molecular weight is 419 g/mol. The van der Waals surface area contributed by atoms with Crippen LogP contribution in [0.2, 0.25) is 5.02 Å². The second-order valence-corrected chi connectivity index (χ2v) is 6.30. The number of pyridine rings is 1. The number of aliphatic carboxylic acids is 1. The molecule has 10 nitrogen and oxygen atoms in total. The molecule has 1 unspecified atom stereocenters. The highest BCUT2D eigenvalue weighted by atomic mass is 35.5. The van der Waals surface area contributed by atoms with Crippen molar-refractivity contribution >= 4 is 23.5 Å². The summed E-state index contributed by atoms with van der Waals surface area (Å²) >= 11 is 5.90. The van der Waals surface area contributed by atoms with Crippen LogP contribution in [0.3, 0.4) is 0 Å². The molecule has 0 fully saturated rings. The number of carbonyl (C=O) groups excluding carboxylic acids is 1. The van der Waals surface area contributed by atoms with Gasteiger partial charge in [0.1, 0.15) is 11.4 Å². The first-order valence-electron chi connectivity index (χ1n) is 8.31. The SMILES string of the molecule is CC(c1ccc(Cl)cc1)n1cc(-c2cnc(C(N)=O)c(O)c2)nn1.NCC(=O)O. The summed E-state index contributed by atoms with van der Waals surface area (Å²) in [6.45, 7) is 1.70. The lowest BCUT2D eigenvalue weighted by molar-refractivity contribution is -0.135. The van der Waals surface area contributed by atoms with Gasteiger partial charge < -0.3 is 21.7 Å². The smallest absolute Gasteiger partial charge is 0.317 e. The second-order valence-electron chi connectivity index (χ2n) is 5.87. The van der Waals surface area contributed by atoms with Gasteiger partial charge in [-0.2, -0.15) is 0 Å². The normalized spacial score (nSPS) is 11.3. The second kappa shape index (κ2) is 9.62. The van der Waals surface area contributed by atoms with E-state index in [-0.39, 0.29) is 24.0 Å². The van der Waals surface area contributed by atoms with Crippen molar-refractivity contribution in [2.45, 2.75) is 13.0 Å². The van der Waals surface area contributed by atoms with E-state index < -0.39 is 11.9 Å². The van der Waals surface area contributed by atoms with E-state index in [0.29, 0.717) is 16.3 Å². The first kappa shape index (κ1) is 21.8. The van der Waals surface area contributed by atoms with Crippen molar-refractivity contribution in [3.05, 3.63) is 59.0 Å². The molecule has 2 heterocycles. The van der Waals surface area contributed by atoms with Crippen LogP contribution in [-0.2, 0) is 4.79 Å². The zero-order chi connectivity index (χ0) is 21.6. The van der Waals surface area contributed by atoms with Crippen molar-refractivity contribution in [3.8, 4) is 17.0 Å². The minimum atomic E-state index is -0.968. The van der Waals surface area contributed by atoms with E-state index in [4.69, 9.17) is 22.4 Å². The quantitative estimate of drug-likeness (QED) is 0.482. The van der Waals surface area contributed by atoms with E-state index in [1.165, 1.54) is 12.3 Å². The number of rotatable bonds is 5. The van der Waals surface area contributed by atoms with Crippen molar-refractivity contribution < 1.29 is 19.8 Å². The Labute approximate surface area is 170 Å². The number of primary amides is 1. The number of benzene rings is 1. The topological polar surface area (TPSA) is 170 Å². The van der Waals surface area contributed by atoms with Gasteiger partial charge in [0.15, 0.2) is 5.69 Å². The number of aromatic hydroxyl groups is 1. The van der Waals surface area contributed by atoms with Gasteiger partial charge in [-0.25, -0.2) is 9.67 Å². The molecule has 1 aromatic carbocycles. The van der Waals surface area contributed by atoms with Crippen LogP contribution >= 0.6 is 11.6 Å². The van der Waals surface area contributed by atoms with Gasteiger partial charge in [-0.1, -0.05) is 28.9 Å². The summed E-state index contributed by atoms with van der Waals surface area (Å²) in [5.74, 6) is -2.05. The number of nitrogens with two attached hydrogens (primary N) is 2. The van der Waals surface area contributed by atoms with Crippen LogP contribution in [0.25, 0.3) is 11.3 Å². The molecule has 0 aliphatic heterocycles. The third-order valence-electron chi connectivity index (χ3n) is 3.83. The number of carbonyl (C=O) groups is 2. The van der Waals surface area contributed by atoms with Gasteiger partial charge in [-0.05, 0) is 30.7 Å². The first-order chi connectivity index (χ1) is 13.7. The maximum Gasteiger partial charge on any atom is 0.317 e. The fourth-order valence-corrected chi connectivity index (χ4v) is 2.40. The highest BCUT2D eigenvalue weighted by Crippen LogP contribution is 2.25. The predicted octanol–water partition coefficient (Wildman–Crippen LogP) is 1.44. The molecule has 152 valence electrons. The standard InChI is InChI=1S/C16H14ClN5O2.C2H5NO2/c1-9(10-2-4-12(17)5-3-10)22-8-13(20-21-22)11-6-14(23)15(16(18)24)19-7-11;3-1-2(4)5/h2-9,23H,1H3,(H2,18,24);1,3H2,(H,4,5).